The van der Waals surface area contributed by atoms with Crippen molar-refractivity contribution in [3.8, 4) is 0 Å². The molecule has 0 aromatic heterocycles. The highest BCUT2D eigenvalue weighted by molar-refractivity contribution is 5.28. The first-order chi connectivity index (χ1) is 5.27. The first-order valence-electron chi connectivity index (χ1n) is 4.36. The number of hydrogen-bond donors (Lipinski definition) is 2. The van der Waals surface area contributed by atoms with Crippen molar-refractivity contribution < 1.29 is 5.11 Å². The lowest BCUT2D eigenvalue weighted by Crippen LogP contribution is -2.19. The minimum Gasteiger partial charge on any atom is -0.393 e. The third-order valence-electron chi connectivity index (χ3n) is 2.88. The van der Waals surface area contributed by atoms with Gasteiger partial charge in [-0.2, -0.15) is 0 Å². The van der Waals surface area contributed by atoms with Crippen LogP contribution in [0.4, 0.5) is 0 Å². The number of aliphatic hydroxyl groups is 1. The standard InChI is InChI=1S/C9H15NO/c1-6(11)7-2-8-4-10-5-9(8)3-7/h6-7,10-11H,2-5H2,1H3. The number of hydrogen-bond acceptors (Lipinski definition) is 2. The monoisotopic (exact) mass is 153 g/mol. The Labute approximate surface area is 67.3 Å². The van der Waals surface area contributed by atoms with E-state index in [4.69, 9.17) is 0 Å². The second kappa shape index (κ2) is 2.61. The van der Waals surface area contributed by atoms with Crippen molar-refractivity contribution in [1.29, 1.82) is 0 Å². The molecule has 0 bridgehead atoms. The molecule has 1 aliphatic heterocycles. The zero-order chi connectivity index (χ0) is 7.84. The van der Waals surface area contributed by atoms with Gasteiger partial charge >= 0.3 is 0 Å². The lowest BCUT2D eigenvalue weighted by molar-refractivity contribution is 0.129. The fourth-order valence-corrected chi connectivity index (χ4v) is 2.09. The Morgan fingerprint density at radius 1 is 1.36 bits per heavy atom. The zero-order valence-electron chi connectivity index (χ0n) is 6.93. The molecular weight excluding hydrogens is 138 g/mol. The molecular formula is C9H15NO. The van der Waals surface area contributed by atoms with Gasteiger partial charge in [0.2, 0.25) is 0 Å². The number of rotatable bonds is 1. The molecule has 62 valence electrons. The van der Waals surface area contributed by atoms with E-state index in [0.29, 0.717) is 5.92 Å². The summed E-state index contributed by atoms with van der Waals surface area (Å²) in [6.45, 7) is 4.04. The predicted molar refractivity (Wildman–Crippen MR) is 44.3 cm³/mol. The lowest BCUT2D eigenvalue weighted by Gasteiger charge is -2.14. The molecule has 0 aromatic carbocycles. The van der Waals surface area contributed by atoms with Gasteiger partial charge in [-0.15, -0.1) is 0 Å². The summed E-state index contributed by atoms with van der Waals surface area (Å²) >= 11 is 0. The molecule has 1 atom stereocenters. The highest BCUT2D eigenvalue weighted by Crippen LogP contribution is 2.35. The van der Waals surface area contributed by atoms with Crippen molar-refractivity contribution >= 4 is 0 Å². The van der Waals surface area contributed by atoms with E-state index in [1.54, 1.807) is 11.1 Å². The van der Waals surface area contributed by atoms with Crippen LogP contribution in [0.25, 0.3) is 0 Å². The molecule has 1 unspecified atom stereocenters. The maximum atomic E-state index is 9.36. The van der Waals surface area contributed by atoms with Gasteiger partial charge in [-0.3, -0.25) is 0 Å². The minimum atomic E-state index is -0.124. The van der Waals surface area contributed by atoms with Crippen molar-refractivity contribution in [1.82, 2.24) is 5.32 Å². The molecule has 11 heavy (non-hydrogen) atoms. The smallest absolute Gasteiger partial charge is 0.0546 e. The van der Waals surface area contributed by atoms with Crippen LogP contribution >= 0.6 is 0 Å². The van der Waals surface area contributed by atoms with Crippen LogP contribution in [-0.4, -0.2) is 24.3 Å². The van der Waals surface area contributed by atoms with Crippen LogP contribution in [0.3, 0.4) is 0 Å². The van der Waals surface area contributed by atoms with E-state index in [0.717, 1.165) is 25.9 Å². The average molecular weight is 153 g/mol. The zero-order valence-corrected chi connectivity index (χ0v) is 6.93. The van der Waals surface area contributed by atoms with E-state index in [2.05, 4.69) is 5.32 Å². The average Bonchev–Trinajstić information content (AvgIpc) is 2.40. The van der Waals surface area contributed by atoms with Crippen LogP contribution in [0.15, 0.2) is 11.1 Å². The van der Waals surface area contributed by atoms with Gasteiger partial charge in [-0.1, -0.05) is 11.1 Å². The van der Waals surface area contributed by atoms with Crippen LogP contribution in [0.5, 0.6) is 0 Å². The second-order valence-electron chi connectivity index (χ2n) is 3.72. The third-order valence-corrected chi connectivity index (χ3v) is 2.88. The van der Waals surface area contributed by atoms with E-state index in [-0.39, 0.29) is 6.10 Å². The minimum absolute atomic E-state index is 0.124. The third kappa shape index (κ3) is 1.21. The highest BCUT2D eigenvalue weighted by atomic mass is 16.3. The van der Waals surface area contributed by atoms with E-state index < -0.39 is 0 Å². The molecule has 0 spiro atoms. The first-order valence-corrected chi connectivity index (χ1v) is 4.36. The molecule has 0 fully saturated rings. The Balaban J connectivity index is 2.01. The number of nitrogens with one attached hydrogen (secondary N) is 1. The van der Waals surface area contributed by atoms with Gasteiger partial charge in [0.25, 0.3) is 0 Å². The summed E-state index contributed by atoms with van der Waals surface area (Å²) in [5.41, 5.74) is 3.13. The van der Waals surface area contributed by atoms with Crippen LogP contribution in [0, 0.1) is 5.92 Å². The molecule has 1 aliphatic carbocycles. The van der Waals surface area contributed by atoms with Crippen molar-refractivity contribution in [3.05, 3.63) is 11.1 Å². The van der Waals surface area contributed by atoms with Crippen molar-refractivity contribution in [2.24, 2.45) is 5.92 Å². The molecule has 1 heterocycles. The van der Waals surface area contributed by atoms with Crippen molar-refractivity contribution in [2.75, 3.05) is 13.1 Å². The normalized spacial score (nSPS) is 27.8. The van der Waals surface area contributed by atoms with Gasteiger partial charge in [0.05, 0.1) is 6.10 Å². The molecule has 2 N–H and O–H groups in total. The molecule has 0 saturated carbocycles. The van der Waals surface area contributed by atoms with Gasteiger partial charge in [0, 0.05) is 13.1 Å². The summed E-state index contributed by atoms with van der Waals surface area (Å²) < 4.78 is 0. The quantitative estimate of drug-likeness (QED) is 0.543. The predicted octanol–water partition coefficient (Wildman–Crippen LogP) is 0.677. The molecule has 2 nitrogen and oxygen atoms in total. The Morgan fingerprint density at radius 3 is 2.36 bits per heavy atom. The topological polar surface area (TPSA) is 32.3 Å². The first kappa shape index (κ1) is 7.32. The maximum absolute atomic E-state index is 9.36. The Morgan fingerprint density at radius 2 is 1.91 bits per heavy atom. The van der Waals surface area contributed by atoms with Gasteiger partial charge in [-0.25, -0.2) is 0 Å². The maximum Gasteiger partial charge on any atom is 0.0546 e. The molecule has 2 heteroatoms. The highest BCUT2D eigenvalue weighted by Gasteiger charge is 2.29. The SMILES string of the molecule is CC(O)C1CC2=C(CNC2)C1. The Bertz CT molecular complexity index is 180. The molecule has 0 amide bonds. The van der Waals surface area contributed by atoms with Crippen LogP contribution in [-0.2, 0) is 0 Å². The van der Waals surface area contributed by atoms with Gasteiger partial charge in [0.1, 0.15) is 0 Å². The molecule has 0 saturated heterocycles. The Kier molecular flexibility index (Phi) is 1.74. The lowest BCUT2D eigenvalue weighted by atomic mass is 9.99. The molecule has 2 rings (SSSR count). The fraction of sp³-hybridized carbons (Fsp3) is 0.778. The summed E-state index contributed by atoms with van der Waals surface area (Å²) in [5.74, 6) is 0.516. The van der Waals surface area contributed by atoms with Crippen LogP contribution in [0.2, 0.25) is 0 Å². The summed E-state index contributed by atoms with van der Waals surface area (Å²) in [6, 6.07) is 0. The van der Waals surface area contributed by atoms with Crippen molar-refractivity contribution in [3.63, 3.8) is 0 Å². The molecule has 0 radical (unpaired) electrons. The Hall–Kier alpha value is -0.340. The number of aliphatic hydroxyl groups excluding tert-OH is 1. The van der Waals surface area contributed by atoms with Gasteiger partial charge in [-0.05, 0) is 25.7 Å². The van der Waals surface area contributed by atoms with E-state index in [1.807, 2.05) is 6.92 Å². The summed E-state index contributed by atoms with van der Waals surface area (Å²) in [7, 11) is 0. The summed E-state index contributed by atoms with van der Waals surface area (Å²) in [6.07, 6.45) is 2.13. The van der Waals surface area contributed by atoms with Crippen LogP contribution in [0.1, 0.15) is 19.8 Å². The van der Waals surface area contributed by atoms with Gasteiger partial charge in [0.15, 0.2) is 0 Å². The molecule has 0 aromatic rings. The largest absolute Gasteiger partial charge is 0.393 e. The molecule has 2 aliphatic rings. The van der Waals surface area contributed by atoms with E-state index >= 15 is 0 Å². The van der Waals surface area contributed by atoms with Crippen LogP contribution < -0.4 is 5.32 Å². The van der Waals surface area contributed by atoms with E-state index in [9.17, 15) is 5.11 Å². The fourth-order valence-electron chi connectivity index (χ4n) is 2.09. The second-order valence-corrected chi connectivity index (χ2v) is 3.72. The van der Waals surface area contributed by atoms with Gasteiger partial charge < -0.3 is 10.4 Å². The van der Waals surface area contributed by atoms with Crippen molar-refractivity contribution in [2.45, 2.75) is 25.9 Å². The summed E-state index contributed by atoms with van der Waals surface area (Å²) in [5, 5.41) is 12.7. The van der Waals surface area contributed by atoms with E-state index in [1.165, 1.54) is 0 Å². The summed E-state index contributed by atoms with van der Waals surface area (Å²) in [4.78, 5) is 0.